The van der Waals surface area contributed by atoms with Gasteiger partial charge in [-0.3, -0.25) is 9.59 Å². The van der Waals surface area contributed by atoms with Gasteiger partial charge in [-0.15, -0.1) is 0 Å². The Kier molecular flexibility index (Phi) is 3.60. The molecule has 1 heterocycles. The van der Waals surface area contributed by atoms with Crippen molar-refractivity contribution < 1.29 is 24.2 Å². The monoisotopic (exact) mass is 270 g/mol. The minimum atomic E-state index is -0.790. The normalized spacial score (nSPS) is 34.1. The van der Waals surface area contributed by atoms with Crippen molar-refractivity contribution >= 4 is 11.9 Å². The average Bonchev–Trinajstić information content (AvgIpc) is 2.70. The maximum Gasteiger partial charge on any atom is 0.312 e. The molecule has 108 valence electrons. The van der Waals surface area contributed by atoms with Crippen molar-refractivity contribution in [3.05, 3.63) is 0 Å². The van der Waals surface area contributed by atoms with E-state index in [0.29, 0.717) is 25.9 Å². The molecule has 0 aromatic heterocycles. The van der Waals surface area contributed by atoms with E-state index >= 15 is 0 Å². The smallest absolute Gasteiger partial charge is 0.312 e. The molecule has 0 amide bonds. The number of carboxylic acids is 1. The van der Waals surface area contributed by atoms with Crippen LogP contribution < -0.4 is 0 Å². The fourth-order valence-corrected chi connectivity index (χ4v) is 3.24. The molecule has 3 atom stereocenters. The number of carboxylic acid groups (broad SMARTS) is 1. The Balaban J connectivity index is 1.95. The van der Waals surface area contributed by atoms with Crippen LogP contribution in [0.1, 0.15) is 46.5 Å². The lowest BCUT2D eigenvalue weighted by atomic mass is 9.82. The third-order valence-electron chi connectivity index (χ3n) is 3.99. The average molecular weight is 270 g/mol. The van der Waals surface area contributed by atoms with E-state index in [9.17, 15) is 14.7 Å². The summed E-state index contributed by atoms with van der Waals surface area (Å²) in [7, 11) is 0. The highest BCUT2D eigenvalue weighted by Gasteiger charge is 2.56. The van der Waals surface area contributed by atoms with Gasteiger partial charge in [0.25, 0.3) is 0 Å². The van der Waals surface area contributed by atoms with Crippen molar-refractivity contribution in [3.8, 4) is 0 Å². The van der Waals surface area contributed by atoms with Crippen molar-refractivity contribution in [1.29, 1.82) is 0 Å². The molecule has 1 saturated heterocycles. The fourth-order valence-electron chi connectivity index (χ4n) is 3.24. The molecule has 2 rings (SSSR count). The van der Waals surface area contributed by atoms with Gasteiger partial charge in [0.05, 0.1) is 11.5 Å². The van der Waals surface area contributed by atoms with Crippen molar-refractivity contribution in [2.75, 3.05) is 6.61 Å². The SMILES string of the molecule is CC(C)(C)OC(=O)C[C@@H]1C[C@H]2OCC[C@@]2(C(=O)O)C1. The molecule has 0 spiro atoms. The fraction of sp³-hybridized carbons (Fsp3) is 0.857. The second-order valence-electron chi connectivity index (χ2n) is 6.67. The summed E-state index contributed by atoms with van der Waals surface area (Å²) >= 11 is 0. The summed E-state index contributed by atoms with van der Waals surface area (Å²) in [5.41, 5.74) is -1.26. The Bertz CT molecular complexity index is 384. The summed E-state index contributed by atoms with van der Waals surface area (Å²) in [6.07, 6.45) is 1.76. The van der Waals surface area contributed by atoms with E-state index in [1.165, 1.54) is 0 Å². The highest BCUT2D eigenvalue weighted by Crippen LogP contribution is 2.51. The van der Waals surface area contributed by atoms with E-state index < -0.39 is 17.0 Å². The summed E-state index contributed by atoms with van der Waals surface area (Å²) < 4.78 is 10.8. The third-order valence-corrected chi connectivity index (χ3v) is 3.99. The van der Waals surface area contributed by atoms with Crippen LogP contribution in [0.4, 0.5) is 0 Å². The first-order valence-electron chi connectivity index (χ1n) is 6.80. The Morgan fingerprint density at radius 2 is 2.11 bits per heavy atom. The van der Waals surface area contributed by atoms with Crippen LogP contribution in [0, 0.1) is 11.3 Å². The van der Waals surface area contributed by atoms with Gasteiger partial charge < -0.3 is 14.6 Å². The first kappa shape index (κ1) is 14.3. The van der Waals surface area contributed by atoms with Crippen molar-refractivity contribution in [2.24, 2.45) is 11.3 Å². The van der Waals surface area contributed by atoms with E-state index in [4.69, 9.17) is 9.47 Å². The molecule has 0 radical (unpaired) electrons. The topological polar surface area (TPSA) is 72.8 Å². The van der Waals surface area contributed by atoms with Gasteiger partial charge in [-0.1, -0.05) is 0 Å². The molecule has 0 unspecified atom stereocenters. The number of hydrogen-bond acceptors (Lipinski definition) is 4. The van der Waals surface area contributed by atoms with Gasteiger partial charge >= 0.3 is 11.9 Å². The molecule has 2 fully saturated rings. The molecule has 5 heteroatoms. The predicted octanol–water partition coefficient (Wildman–Crippen LogP) is 1.99. The number of ether oxygens (including phenoxy) is 2. The van der Waals surface area contributed by atoms with Gasteiger partial charge in [0.15, 0.2) is 0 Å². The number of esters is 1. The van der Waals surface area contributed by atoms with Gasteiger partial charge in [-0.2, -0.15) is 0 Å². The van der Waals surface area contributed by atoms with Gasteiger partial charge in [0.1, 0.15) is 5.60 Å². The number of fused-ring (bicyclic) bond motifs is 1. The van der Waals surface area contributed by atoms with Crippen LogP contribution in [0.25, 0.3) is 0 Å². The molecule has 5 nitrogen and oxygen atoms in total. The zero-order valence-electron chi connectivity index (χ0n) is 11.8. The second kappa shape index (κ2) is 4.78. The lowest BCUT2D eigenvalue weighted by Gasteiger charge is -2.22. The molecule has 1 saturated carbocycles. The summed E-state index contributed by atoms with van der Waals surface area (Å²) in [5, 5.41) is 9.42. The van der Waals surface area contributed by atoms with E-state index in [2.05, 4.69) is 0 Å². The number of aliphatic carboxylic acids is 1. The largest absolute Gasteiger partial charge is 0.481 e. The number of rotatable bonds is 3. The van der Waals surface area contributed by atoms with Crippen molar-refractivity contribution in [3.63, 3.8) is 0 Å². The molecule has 0 aromatic rings. The molecule has 0 aromatic carbocycles. The van der Waals surface area contributed by atoms with Crippen molar-refractivity contribution in [2.45, 2.75) is 58.2 Å². The van der Waals surface area contributed by atoms with Crippen molar-refractivity contribution in [1.82, 2.24) is 0 Å². The summed E-state index contributed by atoms with van der Waals surface area (Å²) in [6, 6.07) is 0. The van der Waals surface area contributed by atoms with Crippen LogP contribution >= 0.6 is 0 Å². The molecule has 2 aliphatic rings. The first-order valence-corrected chi connectivity index (χ1v) is 6.80. The van der Waals surface area contributed by atoms with E-state index in [1.54, 1.807) is 0 Å². The zero-order chi connectivity index (χ0) is 14.3. The molecule has 1 N–H and O–H groups in total. The van der Waals surface area contributed by atoms with Crippen LogP contribution in [-0.4, -0.2) is 35.4 Å². The van der Waals surface area contributed by atoms with Gasteiger partial charge in [-0.05, 0) is 46.0 Å². The van der Waals surface area contributed by atoms with Gasteiger partial charge in [-0.25, -0.2) is 0 Å². The molecule has 1 aliphatic carbocycles. The minimum absolute atomic E-state index is 0.0521. The lowest BCUT2D eigenvalue weighted by molar-refractivity contribution is -0.156. The van der Waals surface area contributed by atoms with Gasteiger partial charge in [0.2, 0.25) is 0 Å². The standard InChI is InChI=1S/C14H22O5/c1-13(2,3)19-11(15)7-9-6-10-14(8-9,12(16)17)4-5-18-10/h9-10H,4-8H2,1-3H3,(H,16,17)/t9-,10+,14+/m0/s1. The van der Waals surface area contributed by atoms with Crippen LogP contribution in [0.3, 0.4) is 0 Å². The van der Waals surface area contributed by atoms with Gasteiger partial charge in [0, 0.05) is 13.0 Å². The van der Waals surface area contributed by atoms with E-state index in [-0.39, 0.29) is 24.4 Å². The predicted molar refractivity (Wildman–Crippen MR) is 67.6 cm³/mol. The minimum Gasteiger partial charge on any atom is -0.481 e. The second-order valence-corrected chi connectivity index (χ2v) is 6.67. The zero-order valence-corrected chi connectivity index (χ0v) is 11.8. The highest BCUT2D eigenvalue weighted by atomic mass is 16.6. The molecular formula is C14H22O5. The Morgan fingerprint density at radius 3 is 2.63 bits per heavy atom. The summed E-state index contributed by atoms with van der Waals surface area (Å²) in [5.74, 6) is -0.990. The molecule has 0 bridgehead atoms. The van der Waals surface area contributed by atoms with Crippen LogP contribution in [0.5, 0.6) is 0 Å². The highest BCUT2D eigenvalue weighted by molar-refractivity contribution is 5.77. The maximum absolute atomic E-state index is 11.8. The third kappa shape index (κ3) is 2.91. The Labute approximate surface area is 113 Å². The van der Waals surface area contributed by atoms with E-state index in [0.717, 1.165) is 0 Å². The van der Waals surface area contributed by atoms with E-state index in [1.807, 2.05) is 20.8 Å². The number of carbonyl (C=O) groups is 2. The molecule has 19 heavy (non-hydrogen) atoms. The number of carbonyl (C=O) groups excluding carboxylic acids is 1. The Hall–Kier alpha value is -1.10. The van der Waals surface area contributed by atoms with Crippen LogP contribution in [0.15, 0.2) is 0 Å². The summed E-state index contributed by atoms with van der Waals surface area (Å²) in [6.45, 7) is 6.00. The molecule has 1 aliphatic heterocycles. The lowest BCUT2D eigenvalue weighted by Crippen LogP contribution is -2.34. The summed E-state index contributed by atoms with van der Waals surface area (Å²) in [4.78, 5) is 23.3. The van der Waals surface area contributed by atoms with Crippen LogP contribution in [-0.2, 0) is 19.1 Å². The van der Waals surface area contributed by atoms with Crippen LogP contribution in [0.2, 0.25) is 0 Å². The molecular weight excluding hydrogens is 248 g/mol. The quantitative estimate of drug-likeness (QED) is 0.794. The maximum atomic E-state index is 11.8. The number of hydrogen-bond donors (Lipinski definition) is 1. The Morgan fingerprint density at radius 1 is 1.42 bits per heavy atom. The first-order chi connectivity index (χ1) is 8.73.